The standard InChI is InChI=1S/C28H28N4O/c1-17-26-14-20-5-4-19(23-15-30-18(2)31-16-23)13-24(20)28(17,3)9-11-32(26)27(33)22-6-7-25-21(12-22)8-10-29-25/h4-7,10,12-13,15-17,26H,8-9,11,14H2,1-3H3/t17-,26-,28-/m1/s1. The molecule has 0 saturated carbocycles. The number of piperidine rings is 1. The molecule has 3 aromatic rings. The van der Waals surface area contributed by atoms with Crippen LogP contribution >= 0.6 is 0 Å². The Balaban J connectivity index is 1.33. The van der Waals surface area contributed by atoms with Gasteiger partial charge < -0.3 is 4.90 Å². The average molecular weight is 437 g/mol. The third-order valence-electron chi connectivity index (χ3n) is 8.25. The molecule has 1 aliphatic carbocycles. The molecule has 5 heteroatoms. The molecule has 33 heavy (non-hydrogen) atoms. The number of carbonyl (C=O) groups excluding carboxylic acids is 1. The van der Waals surface area contributed by atoms with Gasteiger partial charge in [-0.25, -0.2) is 9.97 Å². The molecule has 2 aromatic carbocycles. The molecule has 6 rings (SSSR count). The summed E-state index contributed by atoms with van der Waals surface area (Å²) in [5.74, 6) is 1.32. The first-order valence-electron chi connectivity index (χ1n) is 11.8. The van der Waals surface area contributed by atoms with E-state index in [1.165, 1.54) is 16.7 Å². The summed E-state index contributed by atoms with van der Waals surface area (Å²) in [6.07, 6.45) is 8.41. The quantitative estimate of drug-likeness (QED) is 0.563. The monoisotopic (exact) mass is 436 g/mol. The number of hydrogen-bond acceptors (Lipinski definition) is 4. The summed E-state index contributed by atoms with van der Waals surface area (Å²) in [4.78, 5) is 28.9. The molecule has 1 amide bonds. The summed E-state index contributed by atoms with van der Waals surface area (Å²) in [5.41, 5.74) is 7.97. The zero-order chi connectivity index (χ0) is 22.7. The number of aliphatic imine (C=N–C) groups is 1. The molecule has 0 N–H and O–H groups in total. The van der Waals surface area contributed by atoms with Gasteiger partial charge in [-0.1, -0.05) is 32.0 Å². The van der Waals surface area contributed by atoms with Gasteiger partial charge in [-0.05, 0) is 71.6 Å². The Labute approximate surface area is 194 Å². The first-order chi connectivity index (χ1) is 15.9. The minimum absolute atomic E-state index is 0.0440. The smallest absolute Gasteiger partial charge is 0.254 e. The number of benzene rings is 2. The Hall–Kier alpha value is -3.34. The lowest BCUT2D eigenvalue weighted by molar-refractivity contribution is 0.0251. The molecule has 0 spiro atoms. The third-order valence-corrected chi connectivity index (χ3v) is 8.25. The van der Waals surface area contributed by atoms with Crippen LogP contribution in [0.4, 0.5) is 5.69 Å². The van der Waals surface area contributed by atoms with Crippen molar-refractivity contribution in [2.45, 2.75) is 51.5 Å². The van der Waals surface area contributed by atoms with Gasteiger partial charge in [0, 0.05) is 48.7 Å². The van der Waals surface area contributed by atoms with Crippen LogP contribution in [0.25, 0.3) is 11.1 Å². The van der Waals surface area contributed by atoms with Gasteiger partial charge in [0.05, 0.1) is 5.69 Å². The fourth-order valence-electron chi connectivity index (χ4n) is 6.01. The molecule has 0 unspecified atom stereocenters. The van der Waals surface area contributed by atoms with E-state index in [2.05, 4.69) is 51.9 Å². The summed E-state index contributed by atoms with van der Waals surface area (Å²) in [6.45, 7) is 7.40. The second kappa shape index (κ2) is 7.34. The van der Waals surface area contributed by atoms with Crippen molar-refractivity contribution in [1.29, 1.82) is 0 Å². The molecular formula is C28H28N4O. The molecule has 1 fully saturated rings. The van der Waals surface area contributed by atoms with Crippen LogP contribution in [0, 0.1) is 12.8 Å². The van der Waals surface area contributed by atoms with Gasteiger partial charge in [-0.3, -0.25) is 9.79 Å². The highest BCUT2D eigenvalue weighted by Gasteiger charge is 2.49. The van der Waals surface area contributed by atoms with E-state index in [1.54, 1.807) is 0 Å². The molecule has 166 valence electrons. The van der Waals surface area contributed by atoms with Crippen LogP contribution in [0.3, 0.4) is 0 Å². The van der Waals surface area contributed by atoms with Crippen molar-refractivity contribution in [3.63, 3.8) is 0 Å². The van der Waals surface area contributed by atoms with Crippen LogP contribution in [0.15, 0.2) is 53.8 Å². The molecule has 3 atom stereocenters. The lowest BCUT2D eigenvalue weighted by atomic mass is 9.58. The second-order valence-electron chi connectivity index (χ2n) is 9.98. The highest BCUT2D eigenvalue weighted by Crippen LogP contribution is 2.49. The van der Waals surface area contributed by atoms with Crippen molar-refractivity contribution in [2.75, 3.05) is 6.54 Å². The number of amides is 1. The summed E-state index contributed by atoms with van der Waals surface area (Å²) in [5, 5.41) is 0. The van der Waals surface area contributed by atoms with E-state index in [4.69, 9.17) is 0 Å². The number of aryl methyl sites for hydroxylation is 1. The van der Waals surface area contributed by atoms with Gasteiger partial charge >= 0.3 is 0 Å². The van der Waals surface area contributed by atoms with E-state index >= 15 is 0 Å². The Morgan fingerprint density at radius 1 is 1.06 bits per heavy atom. The van der Waals surface area contributed by atoms with Crippen molar-refractivity contribution in [2.24, 2.45) is 10.9 Å². The summed E-state index contributed by atoms with van der Waals surface area (Å²) in [7, 11) is 0. The average Bonchev–Trinajstić information content (AvgIpc) is 3.29. The van der Waals surface area contributed by atoms with Crippen molar-refractivity contribution < 1.29 is 4.79 Å². The normalized spacial score (nSPS) is 25.0. The maximum atomic E-state index is 13.6. The maximum absolute atomic E-state index is 13.6. The highest BCUT2D eigenvalue weighted by atomic mass is 16.2. The molecule has 5 nitrogen and oxygen atoms in total. The van der Waals surface area contributed by atoms with Crippen LogP contribution < -0.4 is 0 Å². The van der Waals surface area contributed by atoms with Gasteiger partial charge in [-0.15, -0.1) is 0 Å². The van der Waals surface area contributed by atoms with Crippen LogP contribution in [0.1, 0.15) is 53.1 Å². The lowest BCUT2D eigenvalue weighted by Gasteiger charge is -2.54. The Morgan fingerprint density at radius 3 is 2.70 bits per heavy atom. The number of aromatic nitrogens is 2. The summed E-state index contributed by atoms with van der Waals surface area (Å²) < 4.78 is 0. The van der Waals surface area contributed by atoms with E-state index in [-0.39, 0.29) is 17.4 Å². The predicted molar refractivity (Wildman–Crippen MR) is 130 cm³/mol. The number of hydrogen-bond donors (Lipinski definition) is 0. The summed E-state index contributed by atoms with van der Waals surface area (Å²) in [6, 6.07) is 12.9. The number of likely N-dealkylation sites (tertiary alicyclic amines) is 1. The van der Waals surface area contributed by atoms with Gasteiger partial charge in [0.2, 0.25) is 0 Å². The van der Waals surface area contributed by atoms with Crippen LogP contribution in [-0.4, -0.2) is 39.6 Å². The van der Waals surface area contributed by atoms with Crippen molar-refractivity contribution in [1.82, 2.24) is 14.9 Å². The molecule has 1 aromatic heterocycles. The van der Waals surface area contributed by atoms with E-state index in [1.807, 2.05) is 43.7 Å². The number of carbonyl (C=O) groups is 1. The first kappa shape index (κ1) is 20.3. The first-order valence-corrected chi connectivity index (χ1v) is 11.8. The summed E-state index contributed by atoms with van der Waals surface area (Å²) >= 11 is 0. The van der Waals surface area contributed by atoms with Crippen molar-refractivity contribution in [3.8, 4) is 11.1 Å². The minimum atomic E-state index is 0.0440. The van der Waals surface area contributed by atoms with E-state index in [0.29, 0.717) is 5.92 Å². The molecule has 3 heterocycles. The van der Waals surface area contributed by atoms with Crippen LogP contribution in [-0.2, 0) is 18.3 Å². The van der Waals surface area contributed by atoms with Gasteiger partial charge in [0.25, 0.3) is 5.91 Å². The minimum Gasteiger partial charge on any atom is -0.335 e. The zero-order valence-electron chi connectivity index (χ0n) is 19.4. The number of rotatable bonds is 2. The Bertz CT molecular complexity index is 1300. The molecule has 3 aliphatic rings. The largest absolute Gasteiger partial charge is 0.335 e. The predicted octanol–water partition coefficient (Wildman–Crippen LogP) is 5.08. The molecular weight excluding hydrogens is 408 g/mol. The second-order valence-corrected chi connectivity index (χ2v) is 9.98. The number of nitrogens with zero attached hydrogens (tertiary/aromatic N) is 4. The van der Waals surface area contributed by atoms with Gasteiger partial charge in [0.1, 0.15) is 5.82 Å². The fraction of sp³-hybridized carbons (Fsp3) is 0.357. The van der Waals surface area contributed by atoms with E-state index < -0.39 is 0 Å². The molecule has 1 saturated heterocycles. The van der Waals surface area contributed by atoms with Crippen molar-refractivity contribution in [3.05, 3.63) is 76.9 Å². The van der Waals surface area contributed by atoms with Gasteiger partial charge in [0.15, 0.2) is 0 Å². The fourth-order valence-corrected chi connectivity index (χ4v) is 6.01. The lowest BCUT2D eigenvalue weighted by Crippen LogP contribution is -2.59. The van der Waals surface area contributed by atoms with Crippen LogP contribution in [0.5, 0.6) is 0 Å². The number of fused-ring (bicyclic) bond motifs is 5. The van der Waals surface area contributed by atoms with Crippen LogP contribution in [0.2, 0.25) is 0 Å². The third kappa shape index (κ3) is 3.13. The molecule has 2 bridgehead atoms. The Kier molecular flexibility index (Phi) is 4.51. The zero-order valence-corrected chi connectivity index (χ0v) is 19.4. The topological polar surface area (TPSA) is 58.5 Å². The molecule has 2 aliphatic heterocycles. The van der Waals surface area contributed by atoms with E-state index in [9.17, 15) is 4.79 Å². The maximum Gasteiger partial charge on any atom is 0.254 e. The Morgan fingerprint density at radius 2 is 1.88 bits per heavy atom. The van der Waals surface area contributed by atoms with Crippen molar-refractivity contribution >= 4 is 17.8 Å². The van der Waals surface area contributed by atoms with Gasteiger partial charge in [-0.2, -0.15) is 0 Å². The molecule has 0 radical (unpaired) electrons. The van der Waals surface area contributed by atoms with E-state index in [0.717, 1.165) is 54.0 Å². The SMILES string of the molecule is Cc1ncc(-c2ccc3c(c2)[C@]2(C)CCN(C(=O)c4ccc5c(c4)CC=N5)[C@H](C3)[C@H]2C)cn1. The highest BCUT2D eigenvalue weighted by molar-refractivity contribution is 5.96.